The van der Waals surface area contributed by atoms with Crippen LogP contribution in [-0.4, -0.2) is 36.8 Å². The van der Waals surface area contributed by atoms with Gasteiger partial charge in [0.05, 0.1) is 13.2 Å². The van der Waals surface area contributed by atoms with Crippen LogP contribution in [0, 0.1) is 17.3 Å². The molecule has 156 valence electrons. The van der Waals surface area contributed by atoms with Crippen molar-refractivity contribution in [2.75, 3.05) is 18.1 Å². The summed E-state index contributed by atoms with van der Waals surface area (Å²) in [7, 11) is 0. The number of hydrogen-bond acceptors (Lipinski definition) is 3. The number of nitrogens with zero attached hydrogens (tertiary/aromatic N) is 1. The highest BCUT2D eigenvalue weighted by Crippen LogP contribution is 2.58. The van der Waals surface area contributed by atoms with E-state index in [1.807, 2.05) is 18.2 Å². The van der Waals surface area contributed by atoms with Crippen LogP contribution in [-0.2, 0) is 16.1 Å². The summed E-state index contributed by atoms with van der Waals surface area (Å²) in [6.07, 6.45) is -3.64. The van der Waals surface area contributed by atoms with Gasteiger partial charge in [-0.2, -0.15) is 13.2 Å². The Morgan fingerprint density at radius 3 is 2.55 bits per heavy atom. The summed E-state index contributed by atoms with van der Waals surface area (Å²) in [6.45, 7) is 6.10. The van der Waals surface area contributed by atoms with Crippen molar-refractivity contribution in [3.05, 3.63) is 29.3 Å². The number of benzene rings is 1. The molecule has 0 unspecified atom stereocenters. The fourth-order valence-electron chi connectivity index (χ4n) is 3.80. The molecule has 0 saturated heterocycles. The molecule has 0 atom stereocenters. The summed E-state index contributed by atoms with van der Waals surface area (Å²) in [5, 5.41) is 2.59. The van der Waals surface area contributed by atoms with E-state index in [-0.39, 0.29) is 12.8 Å². The lowest BCUT2D eigenvalue weighted by Gasteiger charge is -2.28. The van der Waals surface area contributed by atoms with Gasteiger partial charge in [0, 0.05) is 29.4 Å². The third kappa shape index (κ3) is 3.71. The van der Waals surface area contributed by atoms with E-state index in [2.05, 4.69) is 35.9 Å². The lowest BCUT2D eigenvalue weighted by Crippen LogP contribution is -2.46. The van der Waals surface area contributed by atoms with Crippen LogP contribution in [0.15, 0.2) is 18.2 Å². The van der Waals surface area contributed by atoms with E-state index in [9.17, 15) is 18.0 Å². The second-order valence-corrected chi connectivity index (χ2v) is 8.51. The molecule has 1 aliphatic heterocycles. The second kappa shape index (κ2) is 6.94. The minimum atomic E-state index is -4.50. The fourth-order valence-corrected chi connectivity index (χ4v) is 3.80. The van der Waals surface area contributed by atoms with E-state index in [0.29, 0.717) is 32.1 Å². The van der Waals surface area contributed by atoms with Crippen molar-refractivity contribution in [2.45, 2.75) is 63.9 Å². The van der Waals surface area contributed by atoms with Gasteiger partial charge in [0.1, 0.15) is 11.0 Å². The highest BCUT2D eigenvalue weighted by Gasteiger charge is 2.69. The summed E-state index contributed by atoms with van der Waals surface area (Å²) >= 11 is 0. The Bertz CT molecular complexity index is 874. The molecule has 1 aromatic rings. The molecule has 1 aromatic carbocycles. The first-order chi connectivity index (χ1) is 13.7. The van der Waals surface area contributed by atoms with Gasteiger partial charge in [-0.1, -0.05) is 17.9 Å². The molecule has 0 spiro atoms. The number of amides is 1. The van der Waals surface area contributed by atoms with Crippen LogP contribution in [0.5, 0.6) is 0 Å². The maximum Gasteiger partial charge on any atom is 0.403 e. The number of hydrogen-bond donors (Lipinski definition) is 1. The zero-order valence-electron chi connectivity index (χ0n) is 16.7. The van der Waals surface area contributed by atoms with Crippen LogP contribution in [0.3, 0.4) is 0 Å². The van der Waals surface area contributed by atoms with Gasteiger partial charge in [0.25, 0.3) is 0 Å². The number of alkyl halides is 3. The van der Waals surface area contributed by atoms with Crippen LogP contribution in [0.4, 0.5) is 18.9 Å². The van der Waals surface area contributed by atoms with Crippen molar-refractivity contribution < 1.29 is 22.7 Å². The van der Waals surface area contributed by atoms with Crippen LogP contribution < -0.4 is 10.2 Å². The van der Waals surface area contributed by atoms with Crippen molar-refractivity contribution in [3.8, 4) is 11.8 Å². The molecule has 29 heavy (non-hydrogen) atoms. The number of fused-ring (bicyclic) bond motifs is 1. The lowest BCUT2D eigenvalue weighted by molar-refractivity contribution is -0.192. The Hall–Kier alpha value is -2.20. The van der Waals surface area contributed by atoms with E-state index in [0.717, 1.165) is 23.4 Å². The zero-order chi connectivity index (χ0) is 20.9. The van der Waals surface area contributed by atoms with Crippen molar-refractivity contribution in [1.82, 2.24) is 5.32 Å². The molecule has 7 heteroatoms. The van der Waals surface area contributed by atoms with E-state index < -0.39 is 23.0 Å². The van der Waals surface area contributed by atoms with Gasteiger partial charge in [-0.25, -0.2) is 0 Å². The molecule has 1 N–H and O–H groups in total. The standard InChI is InChI=1S/C22H25F3N2O2/c1-15(2)27-12-13-29-14-17-16(4-3-5-18(17)27)6-7-20(8-9-20)26-19(28)21(10-11-21)22(23,24)25/h3-5,15H,8-14H2,1-2H3,(H,26,28). The maximum atomic E-state index is 13.2. The number of anilines is 1. The third-order valence-electron chi connectivity index (χ3n) is 6.07. The molecule has 1 heterocycles. The minimum Gasteiger partial charge on any atom is -0.375 e. The van der Waals surface area contributed by atoms with Gasteiger partial charge in [0.15, 0.2) is 0 Å². The molecular formula is C22H25F3N2O2. The molecule has 4 nitrogen and oxygen atoms in total. The van der Waals surface area contributed by atoms with Crippen molar-refractivity contribution in [3.63, 3.8) is 0 Å². The normalized spacial score (nSPS) is 21.5. The van der Waals surface area contributed by atoms with E-state index in [1.165, 1.54) is 0 Å². The number of halogens is 3. The third-order valence-corrected chi connectivity index (χ3v) is 6.07. The highest BCUT2D eigenvalue weighted by atomic mass is 19.4. The van der Waals surface area contributed by atoms with Gasteiger partial charge in [-0.05, 0) is 51.7 Å². The molecule has 2 aliphatic carbocycles. The average molecular weight is 406 g/mol. The predicted molar refractivity (Wildman–Crippen MR) is 103 cm³/mol. The number of ether oxygens (including phenoxy) is 1. The second-order valence-electron chi connectivity index (χ2n) is 8.51. The number of carbonyl (C=O) groups excluding carboxylic acids is 1. The molecule has 2 fully saturated rings. The molecule has 0 radical (unpaired) electrons. The molecule has 2 saturated carbocycles. The predicted octanol–water partition coefficient (Wildman–Crippen LogP) is 3.77. The first kappa shape index (κ1) is 20.1. The molecule has 4 rings (SSSR count). The van der Waals surface area contributed by atoms with Crippen LogP contribution in [0.1, 0.15) is 50.7 Å². The molecular weight excluding hydrogens is 381 g/mol. The summed E-state index contributed by atoms with van der Waals surface area (Å²) < 4.78 is 45.4. The maximum absolute atomic E-state index is 13.2. The van der Waals surface area contributed by atoms with E-state index >= 15 is 0 Å². The largest absolute Gasteiger partial charge is 0.403 e. The Balaban J connectivity index is 1.57. The van der Waals surface area contributed by atoms with Crippen LogP contribution >= 0.6 is 0 Å². The quantitative estimate of drug-likeness (QED) is 0.777. The van der Waals surface area contributed by atoms with E-state index in [1.54, 1.807) is 0 Å². The van der Waals surface area contributed by atoms with Gasteiger partial charge < -0.3 is 15.0 Å². The Labute approximate surface area is 168 Å². The first-order valence-electron chi connectivity index (χ1n) is 10.1. The molecule has 0 bridgehead atoms. The number of rotatable bonds is 3. The van der Waals surface area contributed by atoms with Gasteiger partial charge in [-0.3, -0.25) is 4.79 Å². The van der Waals surface area contributed by atoms with Gasteiger partial charge in [-0.15, -0.1) is 0 Å². The van der Waals surface area contributed by atoms with Crippen LogP contribution in [0.2, 0.25) is 0 Å². The summed E-state index contributed by atoms with van der Waals surface area (Å²) in [4.78, 5) is 14.6. The number of carbonyl (C=O) groups is 1. The Kier molecular flexibility index (Phi) is 4.81. The molecule has 3 aliphatic rings. The zero-order valence-corrected chi connectivity index (χ0v) is 16.7. The minimum absolute atomic E-state index is 0.138. The van der Waals surface area contributed by atoms with Gasteiger partial charge in [0.2, 0.25) is 5.91 Å². The van der Waals surface area contributed by atoms with Crippen LogP contribution in [0.25, 0.3) is 0 Å². The average Bonchev–Trinajstić information content (AvgIpc) is 3.53. The van der Waals surface area contributed by atoms with Gasteiger partial charge >= 0.3 is 6.18 Å². The number of nitrogens with one attached hydrogen (secondary N) is 1. The Morgan fingerprint density at radius 1 is 1.24 bits per heavy atom. The van der Waals surface area contributed by atoms with E-state index in [4.69, 9.17) is 4.74 Å². The Morgan fingerprint density at radius 2 is 1.97 bits per heavy atom. The van der Waals surface area contributed by atoms with Crippen molar-refractivity contribution in [1.29, 1.82) is 0 Å². The first-order valence-corrected chi connectivity index (χ1v) is 10.1. The summed E-state index contributed by atoms with van der Waals surface area (Å²) in [5.74, 6) is 5.25. The fraction of sp³-hybridized carbons (Fsp3) is 0.591. The SMILES string of the molecule is CC(C)N1CCOCc2c(C#CC3(NC(=O)C4(C(F)(F)F)CC4)CC3)cccc21. The molecule has 0 aromatic heterocycles. The monoisotopic (exact) mass is 406 g/mol. The summed E-state index contributed by atoms with van der Waals surface area (Å²) in [6, 6.07) is 6.19. The molecule has 1 amide bonds. The highest BCUT2D eigenvalue weighted by molar-refractivity contribution is 5.87. The van der Waals surface area contributed by atoms with Crippen molar-refractivity contribution in [2.24, 2.45) is 5.41 Å². The lowest BCUT2D eigenvalue weighted by atomic mass is 10.0. The van der Waals surface area contributed by atoms with Crippen molar-refractivity contribution >= 4 is 11.6 Å². The topological polar surface area (TPSA) is 41.6 Å². The summed E-state index contributed by atoms with van der Waals surface area (Å²) in [5.41, 5.74) is -0.189. The smallest absolute Gasteiger partial charge is 0.375 e.